The van der Waals surface area contributed by atoms with Gasteiger partial charge in [0.2, 0.25) is 5.95 Å². The Kier molecular flexibility index (Phi) is 7.05. The van der Waals surface area contributed by atoms with E-state index in [1.165, 1.54) is 18.3 Å². The molecule has 13 heteroatoms. The molecule has 0 atom stereocenters. The zero-order valence-electron chi connectivity index (χ0n) is 21.8. The SMILES string of the molecule is Nc1ncc(-c2nc(N3CCOCC3)nc3cc(F)ccc23)nc1C(=O)Nc1ncccc1N1CCC(N)CC1. The topological polar surface area (TPSA) is 161 Å². The van der Waals surface area contributed by atoms with Crippen LogP contribution in [0, 0.1) is 5.82 Å². The Labute approximate surface area is 229 Å². The Morgan fingerprint density at radius 1 is 1.02 bits per heavy atom. The molecule has 40 heavy (non-hydrogen) atoms. The fourth-order valence-corrected chi connectivity index (χ4v) is 4.93. The number of hydrogen-bond acceptors (Lipinski definition) is 11. The highest BCUT2D eigenvalue weighted by Gasteiger charge is 2.24. The summed E-state index contributed by atoms with van der Waals surface area (Å²) in [5.74, 6) is -0.207. The Hall–Kier alpha value is -4.49. The quantitative estimate of drug-likeness (QED) is 0.338. The van der Waals surface area contributed by atoms with E-state index in [2.05, 4.69) is 30.2 Å². The maximum atomic E-state index is 14.2. The second-order valence-corrected chi connectivity index (χ2v) is 9.77. The number of pyridine rings is 1. The van der Waals surface area contributed by atoms with Gasteiger partial charge in [0.15, 0.2) is 17.3 Å². The average molecular weight is 545 g/mol. The highest BCUT2D eigenvalue weighted by atomic mass is 19.1. The number of fused-ring (bicyclic) bond motifs is 1. The van der Waals surface area contributed by atoms with E-state index in [0.29, 0.717) is 60.4 Å². The van der Waals surface area contributed by atoms with E-state index in [1.807, 2.05) is 17.0 Å². The summed E-state index contributed by atoms with van der Waals surface area (Å²) >= 11 is 0. The van der Waals surface area contributed by atoms with E-state index in [9.17, 15) is 9.18 Å². The zero-order valence-corrected chi connectivity index (χ0v) is 21.8. The number of nitrogens with two attached hydrogens (primary N) is 2. The van der Waals surface area contributed by atoms with Crippen molar-refractivity contribution in [1.29, 1.82) is 0 Å². The molecule has 206 valence electrons. The maximum absolute atomic E-state index is 14.2. The molecule has 2 fully saturated rings. The number of nitrogens with one attached hydrogen (secondary N) is 1. The number of halogens is 1. The van der Waals surface area contributed by atoms with Gasteiger partial charge in [-0.2, -0.15) is 0 Å². The summed E-state index contributed by atoms with van der Waals surface area (Å²) in [5, 5.41) is 3.42. The smallest absolute Gasteiger partial charge is 0.279 e. The lowest BCUT2D eigenvalue weighted by atomic mass is 10.1. The Morgan fingerprint density at radius 2 is 1.82 bits per heavy atom. The highest BCUT2D eigenvalue weighted by molar-refractivity contribution is 6.07. The van der Waals surface area contributed by atoms with Crippen molar-refractivity contribution in [3.05, 3.63) is 54.2 Å². The predicted molar refractivity (Wildman–Crippen MR) is 150 cm³/mol. The van der Waals surface area contributed by atoms with Crippen LogP contribution in [0.5, 0.6) is 0 Å². The van der Waals surface area contributed by atoms with Crippen molar-refractivity contribution in [2.75, 3.05) is 60.2 Å². The van der Waals surface area contributed by atoms with E-state index in [-0.39, 0.29) is 17.6 Å². The van der Waals surface area contributed by atoms with Crippen LogP contribution in [0.3, 0.4) is 0 Å². The molecule has 12 nitrogen and oxygen atoms in total. The van der Waals surface area contributed by atoms with Crippen molar-refractivity contribution in [2.24, 2.45) is 5.73 Å². The molecule has 1 amide bonds. The number of nitrogens with zero attached hydrogens (tertiary/aromatic N) is 7. The first-order chi connectivity index (χ1) is 19.5. The van der Waals surface area contributed by atoms with Gasteiger partial charge in [0.1, 0.15) is 17.2 Å². The number of piperidine rings is 1. The van der Waals surface area contributed by atoms with Gasteiger partial charge >= 0.3 is 0 Å². The summed E-state index contributed by atoms with van der Waals surface area (Å²) in [5.41, 5.74) is 14.0. The van der Waals surface area contributed by atoms with Gasteiger partial charge in [-0.25, -0.2) is 29.3 Å². The third-order valence-corrected chi connectivity index (χ3v) is 7.10. The number of benzene rings is 1. The first-order valence-electron chi connectivity index (χ1n) is 13.2. The predicted octanol–water partition coefficient (Wildman–Crippen LogP) is 2.22. The third-order valence-electron chi connectivity index (χ3n) is 7.10. The summed E-state index contributed by atoms with van der Waals surface area (Å²) in [7, 11) is 0. The van der Waals surface area contributed by atoms with Gasteiger partial charge in [0.05, 0.1) is 30.6 Å². The summed E-state index contributed by atoms with van der Waals surface area (Å²) in [6.45, 7) is 3.78. The lowest BCUT2D eigenvalue weighted by Crippen LogP contribution is -2.40. The average Bonchev–Trinajstić information content (AvgIpc) is 2.98. The molecule has 0 aliphatic carbocycles. The summed E-state index contributed by atoms with van der Waals surface area (Å²) < 4.78 is 19.6. The standard InChI is InChI=1S/C27H29FN10O2/c28-16-3-4-18-19(14-16)34-27(38-10-12-40-13-11-38)35-22(18)20-15-32-24(30)23(33-20)26(39)36-25-21(2-1-7-31-25)37-8-5-17(29)6-9-37/h1-4,7,14-15,17H,5-6,8-13,29H2,(H2,30,32)(H,31,36,39). The maximum Gasteiger partial charge on any atom is 0.279 e. The molecule has 2 aliphatic rings. The number of rotatable bonds is 5. The highest BCUT2D eigenvalue weighted by Crippen LogP contribution is 2.30. The number of carbonyl (C=O) groups excluding carboxylic acids is 1. The lowest BCUT2D eigenvalue weighted by Gasteiger charge is -2.32. The largest absolute Gasteiger partial charge is 0.382 e. The second kappa shape index (κ2) is 10.9. The molecule has 0 saturated carbocycles. The molecule has 5 N–H and O–H groups in total. The van der Waals surface area contributed by atoms with Gasteiger partial charge < -0.3 is 31.3 Å². The first kappa shape index (κ1) is 25.8. The van der Waals surface area contributed by atoms with Gasteiger partial charge in [0, 0.05) is 49.9 Å². The van der Waals surface area contributed by atoms with Crippen LogP contribution < -0.4 is 26.6 Å². The summed E-state index contributed by atoms with van der Waals surface area (Å²) in [6, 6.07) is 8.16. The molecule has 1 aromatic carbocycles. The molecule has 0 bridgehead atoms. The molecule has 4 aromatic rings. The monoisotopic (exact) mass is 544 g/mol. The number of ether oxygens (including phenoxy) is 1. The van der Waals surface area contributed by atoms with E-state index in [4.69, 9.17) is 21.2 Å². The van der Waals surface area contributed by atoms with Gasteiger partial charge in [-0.05, 0) is 37.1 Å². The molecule has 2 saturated heterocycles. The fourth-order valence-electron chi connectivity index (χ4n) is 4.93. The van der Waals surface area contributed by atoms with Crippen LogP contribution in [-0.4, -0.2) is 76.3 Å². The van der Waals surface area contributed by atoms with E-state index < -0.39 is 11.7 Å². The number of anilines is 4. The summed E-state index contributed by atoms with van der Waals surface area (Å²) in [4.78, 5) is 40.1. The van der Waals surface area contributed by atoms with Crippen LogP contribution >= 0.6 is 0 Å². The lowest BCUT2D eigenvalue weighted by molar-refractivity contribution is 0.102. The van der Waals surface area contributed by atoms with E-state index >= 15 is 0 Å². The van der Waals surface area contributed by atoms with Crippen LogP contribution in [0.25, 0.3) is 22.3 Å². The van der Waals surface area contributed by atoms with Crippen LogP contribution in [0.4, 0.5) is 27.7 Å². The van der Waals surface area contributed by atoms with Crippen LogP contribution in [0.2, 0.25) is 0 Å². The molecule has 3 aromatic heterocycles. The normalized spacial score (nSPS) is 16.4. The Morgan fingerprint density at radius 3 is 2.62 bits per heavy atom. The van der Waals surface area contributed by atoms with Crippen molar-refractivity contribution in [3.63, 3.8) is 0 Å². The molecule has 6 rings (SSSR count). The number of morpholine rings is 1. The molecule has 0 radical (unpaired) electrons. The van der Waals surface area contributed by atoms with E-state index in [0.717, 1.165) is 31.6 Å². The molecule has 5 heterocycles. The Bertz CT molecular complexity index is 1550. The van der Waals surface area contributed by atoms with Crippen LogP contribution in [0.1, 0.15) is 23.3 Å². The molecular formula is C27H29FN10O2. The fraction of sp³-hybridized carbons (Fsp3) is 0.333. The number of amides is 1. The van der Waals surface area contributed by atoms with Gasteiger partial charge in [-0.3, -0.25) is 4.79 Å². The summed E-state index contributed by atoms with van der Waals surface area (Å²) in [6.07, 6.45) is 4.76. The minimum absolute atomic E-state index is 0.0412. The third kappa shape index (κ3) is 5.20. The van der Waals surface area contributed by atoms with Gasteiger partial charge in [-0.15, -0.1) is 0 Å². The van der Waals surface area contributed by atoms with Crippen LogP contribution in [-0.2, 0) is 4.74 Å². The zero-order chi connectivity index (χ0) is 27.6. The van der Waals surface area contributed by atoms with Crippen molar-refractivity contribution < 1.29 is 13.9 Å². The molecule has 0 unspecified atom stereocenters. The van der Waals surface area contributed by atoms with Crippen molar-refractivity contribution in [2.45, 2.75) is 18.9 Å². The van der Waals surface area contributed by atoms with Crippen molar-refractivity contribution >= 4 is 40.1 Å². The second-order valence-electron chi connectivity index (χ2n) is 9.77. The van der Waals surface area contributed by atoms with Crippen molar-refractivity contribution in [1.82, 2.24) is 24.9 Å². The minimum atomic E-state index is -0.557. The number of carbonyl (C=O) groups is 1. The minimum Gasteiger partial charge on any atom is -0.382 e. The van der Waals surface area contributed by atoms with Gasteiger partial charge in [0.25, 0.3) is 5.91 Å². The van der Waals surface area contributed by atoms with Crippen molar-refractivity contribution in [3.8, 4) is 11.4 Å². The first-order valence-corrected chi connectivity index (χ1v) is 13.2. The molecule has 0 spiro atoms. The Balaban J connectivity index is 1.35. The number of nitrogen functional groups attached to an aromatic ring is 1. The van der Waals surface area contributed by atoms with Gasteiger partial charge in [-0.1, -0.05) is 0 Å². The number of aromatic nitrogens is 5. The number of hydrogen-bond donors (Lipinski definition) is 3. The molecule has 2 aliphatic heterocycles. The van der Waals surface area contributed by atoms with Crippen LogP contribution in [0.15, 0.2) is 42.7 Å². The molecular weight excluding hydrogens is 515 g/mol. The van der Waals surface area contributed by atoms with E-state index in [1.54, 1.807) is 12.3 Å².